The molecule has 26 heavy (non-hydrogen) atoms. The second-order valence-electron chi connectivity index (χ2n) is 7.49. The average Bonchev–Trinajstić information content (AvgIpc) is 3.04. The van der Waals surface area contributed by atoms with E-state index in [9.17, 15) is 0 Å². The van der Waals surface area contributed by atoms with Crippen LogP contribution in [0.25, 0.3) is 0 Å². The van der Waals surface area contributed by atoms with Crippen molar-refractivity contribution in [2.45, 2.75) is 31.9 Å². The highest BCUT2D eigenvalue weighted by Gasteiger charge is 2.31. The highest BCUT2D eigenvalue weighted by molar-refractivity contribution is 5.20. The van der Waals surface area contributed by atoms with Crippen LogP contribution < -0.4 is 0 Å². The van der Waals surface area contributed by atoms with Crippen molar-refractivity contribution in [3.05, 3.63) is 47.3 Å². The summed E-state index contributed by atoms with van der Waals surface area (Å²) in [6.45, 7) is 6.19. The van der Waals surface area contributed by atoms with Crippen LogP contribution in [0, 0.1) is 5.92 Å². The third-order valence-corrected chi connectivity index (χ3v) is 5.47. The van der Waals surface area contributed by atoms with E-state index in [-0.39, 0.29) is 0 Å². The Morgan fingerprint density at radius 1 is 1.19 bits per heavy atom. The van der Waals surface area contributed by atoms with Crippen LogP contribution in [-0.2, 0) is 29.7 Å². The van der Waals surface area contributed by atoms with Gasteiger partial charge in [0.15, 0.2) is 0 Å². The van der Waals surface area contributed by atoms with Crippen LogP contribution in [0.4, 0.5) is 0 Å². The van der Waals surface area contributed by atoms with Gasteiger partial charge in [-0.15, -0.1) is 5.10 Å². The minimum atomic E-state index is 0.322. The molecule has 0 N–H and O–H groups in total. The van der Waals surface area contributed by atoms with Gasteiger partial charge in [0, 0.05) is 45.8 Å². The van der Waals surface area contributed by atoms with E-state index >= 15 is 0 Å². The van der Waals surface area contributed by atoms with Crippen molar-refractivity contribution < 1.29 is 9.47 Å². The maximum Gasteiger partial charge on any atom is 0.100 e. The Labute approximate surface area is 155 Å². The molecule has 4 rings (SSSR count). The first kappa shape index (κ1) is 17.6. The Morgan fingerprint density at radius 2 is 2.00 bits per heavy atom. The first-order valence-electron chi connectivity index (χ1n) is 9.60. The van der Waals surface area contributed by atoms with E-state index in [4.69, 9.17) is 9.47 Å². The molecule has 2 aliphatic heterocycles. The highest BCUT2D eigenvalue weighted by Crippen LogP contribution is 2.29. The normalized spacial score (nSPS) is 21.7. The average molecular weight is 356 g/mol. The molecule has 6 heteroatoms. The van der Waals surface area contributed by atoms with E-state index in [0.717, 1.165) is 44.5 Å². The predicted octanol–water partition coefficient (Wildman–Crippen LogP) is 2.36. The van der Waals surface area contributed by atoms with E-state index in [2.05, 4.69) is 39.5 Å². The fourth-order valence-corrected chi connectivity index (χ4v) is 4.15. The minimum Gasteiger partial charge on any atom is -0.381 e. The monoisotopic (exact) mass is 356 g/mol. The summed E-state index contributed by atoms with van der Waals surface area (Å²) in [5.41, 5.74) is 3.56. The Bertz CT molecular complexity index is 697. The molecule has 0 amide bonds. The van der Waals surface area contributed by atoms with Crippen LogP contribution >= 0.6 is 0 Å². The summed E-state index contributed by atoms with van der Waals surface area (Å²) in [5, 5.41) is 8.67. The second kappa shape index (κ2) is 8.29. The summed E-state index contributed by atoms with van der Waals surface area (Å²) in [6, 6.07) is 10.4. The topological polar surface area (TPSA) is 52.4 Å². The maximum atomic E-state index is 6.06. The van der Waals surface area contributed by atoms with E-state index in [1.54, 1.807) is 0 Å². The zero-order chi connectivity index (χ0) is 17.8. The molecule has 140 valence electrons. The second-order valence-corrected chi connectivity index (χ2v) is 7.49. The van der Waals surface area contributed by atoms with E-state index in [1.807, 2.05) is 17.8 Å². The molecule has 1 fully saturated rings. The molecule has 2 aromatic rings. The molecule has 0 saturated carbocycles. The smallest absolute Gasteiger partial charge is 0.100 e. The molecular weight excluding hydrogens is 328 g/mol. The van der Waals surface area contributed by atoms with Gasteiger partial charge in [-0.2, -0.15) is 0 Å². The maximum absolute atomic E-state index is 6.06. The van der Waals surface area contributed by atoms with Gasteiger partial charge in [0.25, 0.3) is 0 Å². The molecule has 0 bridgehead atoms. The lowest BCUT2D eigenvalue weighted by molar-refractivity contribution is 0.0417. The zero-order valence-corrected chi connectivity index (χ0v) is 15.5. The lowest BCUT2D eigenvalue weighted by Crippen LogP contribution is -2.40. The lowest BCUT2D eigenvalue weighted by Gasteiger charge is -2.35. The molecule has 0 aliphatic carbocycles. The van der Waals surface area contributed by atoms with Crippen molar-refractivity contribution in [2.75, 3.05) is 32.9 Å². The molecule has 0 spiro atoms. The third kappa shape index (κ3) is 4.14. The van der Waals surface area contributed by atoms with Crippen molar-refractivity contribution in [3.8, 4) is 0 Å². The molecule has 6 nitrogen and oxygen atoms in total. The Balaban J connectivity index is 1.39. The van der Waals surface area contributed by atoms with Gasteiger partial charge in [-0.25, -0.2) is 0 Å². The number of aryl methyl sites for hydroxylation is 1. The summed E-state index contributed by atoms with van der Waals surface area (Å²) in [6.07, 6.45) is 2.33. The number of nitrogens with zero attached hydrogens (tertiary/aromatic N) is 4. The van der Waals surface area contributed by atoms with Crippen LogP contribution in [-0.4, -0.2) is 52.8 Å². The Morgan fingerprint density at radius 3 is 2.81 bits per heavy atom. The van der Waals surface area contributed by atoms with Gasteiger partial charge in [-0.05, 0) is 24.3 Å². The van der Waals surface area contributed by atoms with Gasteiger partial charge in [-0.3, -0.25) is 9.58 Å². The number of hydrogen-bond acceptors (Lipinski definition) is 5. The number of fused-ring (bicyclic) bond motifs is 1. The molecule has 2 aliphatic rings. The van der Waals surface area contributed by atoms with Gasteiger partial charge in [0.1, 0.15) is 5.69 Å². The number of hydrogen-bond donors (Lipinski definition) is 0. The molecule has 0 radical (unpaired) electrons. The van der Waals surface area contributed by atoms with Crippen molar-refractivity contribution in [2.24, 2.45) is 13.0 Å². The van der Waals surface area contributed by atoms with E-state index < -0.39 is 0 Å². The van der Waals surface area contributed by atoms with Crippen LogP contribution in [0.5, 0.6) is 0 Å². The van der Waals surface area contributed by atoms with Crippen LogP contribution in [0.15, 0.2) is 30.3 Å². The number of ether oxygens (including phenoxy) is 2. The molecule has 1 atom stereocenters. The van der Waals surface area contributed by atoms with Crippen LogP contribution in [0.2, 0.25) is 0 Å². The van der Waals surface area contributed by atoms with Crippen LogP contribution in [0.1, 0.15) is 35.7 Å². The summed E-state index contributed by atoms with van der Waals surface area (Å²) in [5.74, 6) is 1.05. The standard InChI is InChI=1S/C20H28N4O2/c1-23-20-18(15-26-14-17-5-3-2-4-6-17)12-24(13-19(20)21-22-23)11-16-7-9-25-10-8-16/h2-6,16,18H,7-15H2,1H3. The number of rotatable bonds is 6. The fourth-order valence-electron chi connectivity index (χ4n) is 4.15. The molecule has 1 saturated heterocycles. The van der Waals surface area contributed by atoms with E-state index in [0.29, 0.717) is 19.1 Å². The van der Waals surface area contributed by atoms with Crippen molar-refractivity contribution in [1.29, 1.82) is 0 Å². The lowest BCUT2D eigenvalue weighted by atomic mass is 9.95. The number of benzene rings is 1. The summed E-state index contributed by atoms with van der Waals surface area (Å²) >= 11 is 0. The first-order chi connectivity index (χ1) is 12.8. The van der Waals surface area contributed by atoms with Gasteiger partial charge >= 0.3 is 0 Å². The highest BCUT2D eigenvalue weighted by atomic mass is 16.5. The Hall–Kier alpha value is -1.76. The molecule has 1 aromatic carbocycles. The van der Waals surface area contributed by atoms with Crippen molar-refractivity contribution in [1.82, 2.24) is 19.9 Å². The van der Waals surface area contributed by atoms with Gasteiger partial charge < -0.3 is 9.47 Å². The largest absolute Gasteiger partial charge is 0.381 e. The molecular formula is C20H28N4O2. The third-order valence-electron chi connectivity index (χ3n) is 5.47. The van der Waals surface area contributed by atoms with Gasteiger partial charge in [-0.1, -0.05) is 35.5 Å². The van der Waals surface area contributed by atoms with Crippen molar-refractivity contribution in [3.63, 3.8) is 0 Å². The molecule has 1 unspecified atom stereocenters. The zero-order valence-electron chi connectivity index (χ0n) is 15.5. The minimum absolute atomic E-state index is 0.322. The predicted molar refractivity (Wildman–Crippen MR) is 98.7 cm³/mol. The van der Waals surface area contributed by atoms with Crippen LogP contribution in [0.3, 0.4) is 0 Å². The van der Waals surface area contributed by atoms with E-state index in [1.165, 1.54) is 24.1 Å². The summed E-state index contributed by atoms with van der Waals surface area (Å²) < 4.78 is 13.5. The summed E-state index contributed by atoms with van der Waals surface area (Å²) in [4.78, 5) is 2.53. The Kier molecular flexibility index (Phi) is 5.62. The molecule has 3 heterocycles. The summed E-state index contributed by atoms with van der Waals surface area (Å²) in [7, 11) is 1.99. The quantitative estimate of drug-likeness (QED) is 0.795. The number of aromatic nitrogens is 3. The fraction of sp³-hybridized carbons (Fsp3) is 0.600. The SMILES string of the molecule is Cn1nnc2c1C(COCc1ccccc1)CN(CC1CCOCC1)C2. The first-order valence-corrected chi connectivity index (χ1v) is 9.60. The van der Waals surface area contributed by atoms with Gasteiger partial charge in [0.05, 0.1) is 18.9 Å². The van der Waals surface area contributed by atoms with Gasteiger partial charge in [0.2, 0.25) is 0 Å². The van der Waals surface area contributed by atoms with Crippen molar-refractivity contribution >= 4 is 0 Å². The molecule has 1 aromatic heterocycles.